The lowest BCUT2D eigenvalue weighted by Crippen LogP contribution is -2.41. The fourth-order valence-corrected chi connectivity index (χ4v) is 5.37. The van der Waals surface area contributed by atoms with Crippen molar-refractivity contribution in [2.45, 2.75) is 31.9 Å². The number of nitrogens with zero attached hydrogens (tertiary/aromatic N) is 2. The third kappa shape index (κ3) is 2.98. The Kier molecular flexibility index (Phi) is 4.55. The van der Waals surface area contributed by atoms with Crippen molar-refractivity contribution in [3.8, 4) is 5.69 Å². The van der Waals surface area contributed by atoms with Gasteiger partial charge in [0.2, 0.25) is 0 Å². The Labute approximate surface area is 172 Å². The van der Waals surface area contributed by atoms with Crippen LogP contribution >= 0.6 is 11.3 Å². The van der Waals surface area contributed by atoms with E-state index >= 15 is 0 Å². The molecule has 7 nitrogen and oxygen atoms in total. The number of ether oxygens (including phenoxy) is 1. The first-order valence-corrected chi connectivity index (χ1v) is 10.4. The summed E-state index contributed by atoms with van der Waals surface area (Å²) in [5, 5.41) is 0.308. The molecule has 30 heavy (non-hydrogen) atoms. The fraction of sp³-hybridized carbons (Fsp3) is 0.350. The summed E-state index contributed by atoms with van der Waals surface area (Å²) in [5.41, 5.74) is -1.01. The zero-order valence-electron chi connectivity index (χ0n) is 15.7. The highest BCUT2D eigenvalue weighted by molar-refractivity contribution is 7.18. The normalized spacial score (nSPS) is 18.7. The fourth-order valence-electron chi connectivity index (χ4n) is 4.12. The Bertz CT molecular complexity index is 1290. The van der Waals surface area contributed by atoms with Crippen LogP contribution in [0.15, 0.2) is 27.8 Å². The van der Waals surface area contributed by atoms with Gasteiger partial charge >= 0.3 is 5.69 Å². The number of halogens is 2. The standard InChI is InChI=1S/C20H17F2N3O4S/c21-10-3-4-13(12(22)8-10)25-19(27)16-11-5-6-24(18(26)14-2-1-7-29-14)9-15(11)30-17(16)23-20(25)28/h3-4,8,14H,1-2,5-7,9H2,(H,23,28). The average Bonchev–Trinajstić information content (AvgIpc) is 3.36. The summed E-state index contributed by atoms with van der Waals surface area (Å²) in [6.45, 7) is 1.35. The molecule has 1 N–H and O–H groups in total. The molecule has 0 saturated carbocycles. The number of carbonyl (C=O) groups excluding carboxylic acids is 1. The molecule has 0 bridgehead atoms. The molecule has 1 amide bonds. The van der Waals surface area contributed by atoms with Crippen LogP contribution in [0.4, 0.5) is 8.78 Å². The van der Waals surface area contributed by atoms with Crippen LogP contribution in [0, 0.1) is 11.6 Å². The summed E-state index contributed by atoms with van der Waals surface area (Å²) >= 11 is 1.24. The van der Waals surface area contributed by atoms with E-state index < -0.39 is 29.0 Å². The molecule has 2 aliphatic heterocycles. The van der Waals surface area contributed by atoms with Crippen LogP contribution in [-0.4, -0.2) is 39.6 Å². The number of aromatic amines is 1. The van der Waals surface area contributed by atoms with Gasteiger partial charge in [0.05, 0.1) is 17.6 Å². The minimum absolute atomic E-state index is 0.0603. The topological polar surface area (TPSA) is 84.4 Å². The largest absolute Gasteiger partial charge is 0.368 e. The van der Waals surface area contributed by atoms with Gasteiger partial charge in [0.15, 0.2) is 0 Å². The third-order valence-electron chi connectivity index (χ3n) is 5.56. The maximum Gasteiger partial charge on any atom is 0.334 e. The van der Waals surface area contributed by atoms with E-state index in [0.717, 1.165) is 29.0 Å². The molecular formula is C20H17F2N3O4S. The molecule has 2 aromatic heterocycles. The van der Waals surface area contributed by atoms with Crippen molar-refractivity contribution >= 4 is 27.5 Å². The lowest BCUT2D eigenvalue weighted by molar-refractivity contribution is -0.141. The van der Waals surface area contributed by atoms with E-state index in [2.05, 4.69) is 4.98 Å². The molecule has 0 aliphatic carbocycles. The van der Waals surface area contributed by atoms with E-state index in [1.165, 1.54) is 11.3 Å². The SMILES string of the molecule is O=C(C1CCCO1)N1CCc2c(sc3[nH]c(=O)n(-c4ccc(F)cc4F)c(=O)c23)C1. The molecule has 1 atom stereocenters. The van der Waals surface area contributed by atoms with Crippen LogP contribution in [0.5, 0.6) is 0 Å². The first-order valence-electron chi connectivity index (χ1n) is 9.59. The molecule has 156 valence electrons. The molecule has 0 radical (unpaired) electrons. The van der Waals surface area contributed by atoms with Crippen molar-refractivity contribution in [1.82, 2.24) is 14.5 Å². The van der Waals surface area contributed by atoms with Gasteiger partial charge in [-0.05, 0) is 37.0 Å². The van der Waals surface area contributed by atoms with E-state index in [9.17, 15) is 23.2 Å². The molecule has 1 unspecified atom stereocenters. The maximum absolute atomic E-state index is 14.2. The minimum Gasteiger partial charge on any atom is -0.368 e. The monoisotopic (exact) mass is 433 g/mol. The molecule has 3 aromatic rings. The van der Waals surface area contributed by atoms with E-state index in [0.29, 0.717) is 53.4 Å². The van der Waals surface area contributed by atoms with Crippen LogP contribution in [0.25, 0.3) is 15.9 Å². The number of hydrogen-bond acceptors (Lipinski definition) is 5. The van der Waals surface area contributed by atoms with Crippen molar-refractivity contribution in [2.24, 2.45) is 0 Å². The summed E-state index contributed by atoms with van der Waals surface area (Å²) in [5.74, 6) is -1.86. The van der Waals surface area contributed by atoms with Crippen LogP contribution in [0.2, 0.25) is 0 Å². The lowest BCUT2D eigenvalue weighted by atomic mass is 10.0. The highest BCUT2D eigenvalue weighted by Gasteiger charge is 2.32. The van der Waals surface area contributed by atoms with E-state index in [-0.39, 0.29) is 11.6 Å². The molecule has 2 aliphatic rings. The molecule has 4 heterocycles. The van der Waals surface area contributed by atoms with Crippen LogP contribution in [0.1, 0.15) is 23.3 Å². The summed E-state index contributed by atoms with van der Waals surface area (Å²) in [7, 11) is 0. The lowest BCUT2D eigenvalue weighted by Gasteiger charge is -2.28. The van der Waals surface area contributed by atoms with Crippen LogP contribution in [-0.2, 0) is 22.5 Å². The summed E-state index contributed by atoms with van der Waals surface area (Å²) in [6.07, 6.45) is 1.59. The Morgan fingerprint density at radius 3 is 2.83 bits per heavy atom. The Morgan fingerprint density at radius 2 is 2.10 bits per heavy atom. The van der Waals surface area contributed by atoms with E-state index in [4.69, 9.17) is 4.74 Å². The Balaban J connectivity index is 1.58. The predicted octanol–water partition coefficient (Wildman–Crippen LogP) is 2.08. The zero-order valence-corrected chi connectivity index (χ0v) is 16.6. The van der Waals surface area contributed by atoms with Gasteiger partial charge in [0, 0.05) is 24.1 Å². The second kappa shape index (κ2) is 7.13. The van der Waals surface area contributed by atoms with Gasteiger partial charge in [0.1, 0.15) is 22.6 Å². The van der Waals surface area contributed by atoms with Crippen LogP contribution in [0.3, 0.4) is 0 Å². The average molecular weight is 433 g/mol. The van der Waals surface area contributed by atoms with Crippen molar-refractivity contribution in [3.05, 3.63) is 61.1 Å². The molecule has 1 saturated heterocycles. The van der Waals surface area contributed by atoms with Crippen molar-refractivity contribution in [3.63, 3.8) is 0 Å². The Hall–Kier alpha value is -2.85. The van der Waals surface area contributed by atoms with Gasteiger partial charge in [-0.1, -0.05) is 0 Å². The molecule has 5 rings (SSSR count). The quantitative estimate of drug-likeness (QED) is 0.671. The van der Waals surface area contributed by atoms with Gasteiger partial charge < -0.3 is 9.64 Å². The van der Waals surface area contributed by atoms with Gasteiger partial charge in [-0.2, -0.15) is 0 Å². The molecule has 0 spiro atoms. The Morgan fingerprint density at radius 1 is 1.27 bits per heavy atom. The summed E-state index contributed by atoms with van der Waals surface area (Å²) in [6, 6.07) is 2.68. The number of amides is 1. The first-order chi connectivity index (χ1) is 14.4. The van der Waals surface area contributed by atoms with E-state index in [1.807, 2.05) is 0 Å². The number of thiophene rings is 1. The molecule has 1 aromatic carbocycles. The van der Waals surface area contributed by atoms with Crippen molar-refractivity contribution in [2.75, 3.05) is 13.2 Å². The van der Waals surface area contributed by atoms with Crippen molar-refractivity contribution in [1.29, 1.82) is 0 Å². The smallest absolute Gasteiger partial charge is 0.334 e. The van der Waals surface area contributed by atoms with Gasteiger partial charge in [0.25, 0.3) is 11.5 Å². The molecule has 10 heteroatoms. The van der Waals surface area contributed by atoms with Gasteiger partial charge in [-0.25, -0.2) is 18.1 Å². The summed E-state index contributed by atoms with van der Waals surface area (Å²) in [4.78, 5) is 43.9. The number of aromatic nitrogens is 2. The number of benzene rings is 1. The highest BCUT2D eigenvalue weighted by Crippen LogP contribution is 2.33. The van der Waals surface area contributed by atoms with Crippen LogP contribution < -0.4 is 11.2 Å². The third-order valence-corrected chi connectivity index (χ3v) is 6.70. The second-order valence-corrected chi connectivity index (χ2v) is 8.49. The highest BCUT2D eigenvalue weighted by atomic mass is 32.1. The number of nitrogens with one attached hydrogen (secondary N) is 1. The summed E-state index contributed by atoms with van der Waals surface area (Å²) < 4.78 is 33.7. The number of hydrogen-bond donors (Lipinski definition) is 1. The predicted molar refractivity (Wildman–Crippen MR) is 106 cm³/mol. The minimum atomic E-state index is -1.00. The number of H-pyrrole nitrogens is 1. The first kappa shape index (κ1) is 19.1. The maximum atomic E-state index is 14.2. The number of carbonyl (C=O) groups is 1. The second-order valence-electron chi connectivity index (χ2n) is 7.39. The van der Waals surface area contributed by atoms with Gasteiger partial charge in [-0.3, -0.25) is 14.6 Å². The van der Waals surface area contributed by atoms with Gasteiger partial charge in [-0.15, -0.1) is 11.3 Å². The molecule has 1 fully saturated rings. The number of rotatable bonds is 2. The van der Waals surface area contributed by atoms with E-state index in [1.54, 1.807) is 4.90 Å². The zero-order chi connectivity index (χ0) is 21.0. The number of fused-ring (bicyclic) bond motifs is 3. The van der Waals surface area contributed by atoms with Crippen molar-refractivity contribution < 1.29 is 18.3 Å². The molecular weight excluding hydrogens is 416 g/mol.